The summed E-state index contributed by atoms with van der Waals surface area (Å²) in [7, 11) is 0. The van der Waals surface area contributed by atoms with Crippen molar-refractivity contribution in [2.75, 3.05) is 35.2 Å². The summed E-state index contributed by atoms with van der Waals surface area (Å²) in [5.41, 5.74) is 1.83. The van der Waals surface area contributed by atoms with E-state index in [1.807, 2.05) is 6.07 Å². The molecule has 0 spiro atoms. The number of amides is 4. The van der Waals surface area contributed by atoms with E-state index in [4.69, 9.17) is 4.74 Å². The number of para-hydroxylation sites is 1. The lowest BCUT2D eigenvalue weighted by molar-refractivity contribution is -0.123. The van der Waals surface area contributed by atoms with E-state index in [0.29, 0.717) is 28.4 Å². The van der Waals surface area contributed by atoms with E-state index in [0.717, 1.165) is 0 Å². The van der Waals surface area contributed by atoms with Gasteiger partial charge in [-0.2, -0.15) is 0 Å². The third-order valence-electron chi connectivity index (χ3n) is 4.99. The van der Waals surface area contributed by atoms with Crippen molar-refractivity contribution >= 4 is 40.7 Å². The lowest BCUT2D eigenvalue weighted by atomic mass is 10.2. The molecule has 0 saturated heterocycles. The lowest BCUT2D eigenvalue weighted by Crippen LogP contribution is -2.43. The fourth-order valence-corrected chi connectivity index (χ4v) is 3.38. The number of fused-ring (bicyclic) bond motifs is 1. The summed E-state index contributed by atoms with van der Waals surface area (Å²) in [6.07, 6.45) is 0. The minimum absolute atomic E-state index is 0.192. The molecule has 0 saturated carbocycles. The predicted molar refractivity (Wildman–Crippen MR) is 127 cm³/mol. The molecule has 9 heteroatoms. The maximum Gasteiger partial charge on any atom is 0.265 e. The Morgan fingerprint density at radius 2 is 1.50 bits per heavy atom. The van der Waals surface area contributed by atoms with E-state index < -0.39 is 5.91 Å². The average Bonchev–Trinajstić information content (AvgIpc) is 2.85. The maximum absolute atomic E-state index is 12.5. The third-order valence-corrected chi connectivity index (χ3v) is 4.99. The van der Waals surface area contributed by atoms with Gasteiger partial charge in [0.15, 0.2) is 6.61 Å². The second-order valence-corrected chi connectivity index (χ2v) is 7.46. The Labute approximate surface area is 195 Å². The van der Waals surface area contributed by atoms with E-state index in [1.54, 1.807) is 72.8 Å². The van der Waals surface area contributed by atoms with E-state index in [9.17, 15) is 19.2 Å². The number of hydrogen-bond acceptors (Lipinski definition) is 5. The van der Waals surface area contributed by atoms with Crippen molar-refractivity contribution in [3.63, 3.8) is 0 Å². The molecule has 34 heavy (non-hydrogen) atoms. The van der Waals surface area contributed by atoms with Gasteiger partial charge < -0.3 is 20.7 Å². The Bertz CT molecular complexity index is 1210. The summed E-state index contributed by atoms with van der Waals surface area (Å²) < 4.78 is 5.46. The average molecular weight is 458 g/mol. The second-order valence-electron chi connectivity index (χ2n) is 7.46. The highest BCUT2D eigenvalue weighted by Crippen LogP contribution is 2.34. The van der Waals surface area contributed by atoms with Gasteiger partial charge in [-0.05, 0) is 42.5 Å². The molecule has 4 amide bonds. The topological polar surface area (TPSA) is 117 Å². The minimum Gasteiger partial charge on any atom is -0.482 e. The first-order valence-electron chi connectivity index (χ1n) is 10.5. The van der Waals surface area contributed by atoms with Crippen LogP contribution in [-0.2, 0) is 14.4 Å². The number of anilines is 3. The summed E-state index contributed by atoms with van der Waals surface area (Å²) >= 11 is 0. The molecular formula is C25H22N4O5. The zero-order valence-corrected chi connectivity index (χ0v) is 18.1. The van der Waals surface area contributed by atoms with Crippen LogP contribution in [0.2, 0.25) is 0 Å². The van der Waals surface area contributed by atoms with E-state index in [1.165, 1.54) is 4.90 Å². The molecule has 3 aromatic carbocycles. The van der Waals surface area contributed by atoms with Crippen molar-refractivity contribution < 1.29 is 23.9 Å². The normalized spacial score (nSPS) is 12.2. The van der Waals surface area contributed by atoms with Crippen molar-refractivity contribution in [1.29, 1.82) is 0 Å². The largest absolute Gasteiger partial charge is 0.482 e. The zero-order chi connectivity index (χ0) is 23.9. The maximum atomic E-state index is 12.5. The van der Waals surface area contributed by atoms with E-state index in [-0.39, 0.29) is 37.4 Å². The molecule has 172 valence electrons. The first-order chi connectivity index (χ1) is 16.5. The second kappa shape index (κ2) is 10.3. The number of ether oxygens (including phenoxy) is 1. The predicted octanol–water partition coefficient (Wildman–Crippen LogP) is 2.42. The van der Waals surface area contributed by atoms with Crippen LogP contribution >= 0.6 is 0 Å². The Balaban J connectivity index is 1.40. The Morgan fingerprint density at radius 1 is 0.824 bits per heavy atom. The first kappa shape index (κ1) is 22.5. The van der Waals surface area contributed by atoms with Gasteiger partial charge in [0.05, 0.1) is 12.2 Å². The fraction of sp³-hybridized carbons (Fsp3) is 0.120. The summed E-state index contributed by atoms with van der Waals surface area (Å²) in [6, 6.07) is 22.3. The molecule has 0 aliphatic carbocycles. The van der Waals surface area contributed by atoms with Crippen LogP contribution in [0.1, 0.15) is 10.4 Å². The SMILES string of the molecule is O=C(CNC(=O)c1ccccc1)Nc1ccc2c(c1)N(CC(=O)Nc1ccccc1)C(=O)CO2. The highest BCUT2D eigenvalue weighted by Gasteiger charge is 2.28. The smallest absolute Gasteiger partial charge is 0.265 e. The summed E-state index contributed by atoms with van der Waals surface area (Å²) in [4.78, 5) is 50.8. The minimum atomic E-state index is -0.444. The van der Waals surface area contributed by atoms with Gasteiger partial charge in [-0.1, -0.05) is 36.4 Å². The lowest BCUT2D eigenvalue weighted by Gasteiger charge is -2.29. The molecule has 1 aliphatic rings. The number of nitrogens with zero attached hydrogens (tertiary/aromatic N) is 1. The summed E-state index contributed by atoms with van der Waals surface area (Å²) in [5.74, 6) is -1.14. The standard InChI is InChI=1S/C25H22N4O5/c30-22(14-26-25(33)17-7-3-1-4-8-17)28-19-11-12-21-20(13-19)29(24(32)16-34-21)15-23(31)27-18-9-5-2-6-10-18/h1-13H,14-16H2,(H,26,33)(H,27,31)(H,28,30). The van der Waals surface area contributed by atoms with Crippen LogP contribution in [0.25, 0.3) is 0 Å². The van der Waals surface area contributed by atoms with Gasteiger partial charge in [0, 0.05) is 16.9 Å². The molecule has 0 fully saturated rings. The molecule has 4 rings (SSSR count). The van der Waals surface area contributed by atoms with Crippen LogP contribution in [-0.4, -0.2) is 43.3 Å². The van der Waals surface area contributed by atoms with Crippen LogP contribution in [0.5, 0.6) is 5.75 Å². The molecule has 0 aromatic heterocycles. The van der Waals surface area contributed by atoms with E-state index >= 15 is 0 Å². The van der Waals surface area contributed by atoms with Crippen LogP contribution in [0.3, 0.4) is 0 Å². The van der Waals surface area contributed by atoms with Crippen LogP contribution in [0.15, 0.2) is 78.9 Å². The van der Waals surface area contributed by atoms with Gasteiger partial charge >= 0.3 is 0 Å². The van der Waals surface area contributed by atoms with Gasteiger partial charge in [0.1, 0.15) is 12.3 Å². The van der Waals surface area contributed by atoms with Gasteiger partial charge in [-0.25, -0.2) is 0 Å². The zero-order valence-electron chi connectivity index (χ0n) is 18.1. The highest BCUT2D eigenvalue weighted by atomic mass is 16.5. The van der Waals surface area contributed by atoms with Crippen LogP contribution in [0.4, 0.5) is 17.1 Å². The van der Waals surface area contributed by atoms with Crippen LogP contribution in [0, 0.1) is 0 Å². The molecule has 0 radical (unpaired) electrons. The van der Waals surface area contributed by atoms with Crippen molar-refractivity contribution in [2.45, 2.75) is 0 Å². The number of carbonyl (C=O) groups excluding carboxylic acids is 4. The van der Waals surface area contributed by atoms with Crippen LogP contribution < -0.4 is 25.6 Å². The Kier molecular flexibility index (Phi) is 6.83. The van der Waals surface area contributed by atoms with Crippen molar-refractivity contribution in [3.05, 3.63) is 84.4 Å². The molecule has 0 unspecified atom stereocenters. The Morgan fingerprint density at radius 3 is 2.24 bits per heavy atom. The number of carbonyl (C=O) groups is 4. The fourth-order valence-electron chi connectivity index (χ4n) is 3.38. The first-order valence-corrected chi connectivity index (χ1v) is 10.5. The van der Waals surface area contributed by atoms with E-state index in [2.05, 4.69) is 16.0 Å². The Hall–Kier alpha value is -4.66. The number of nitrogens with one attached hydrogen (secondary N) is 3. The van der Waals surface area contributed by atoms with Gasteiger partial charge in [-0.15, -0.1) is 0 Å². The number of hydrogen-bond donors (Lipinski definition) is 3. The van der Waals surface area contributed by atoms with Gasteiger partial charge in [-0.3, -0.25) is 24.1 Å². The molecule has 1 heterocycles. The number of rotatable bonds is 7. The molecular weight excluding hydrogens is 436 g/mol. The van der Waals surface area contributed by atoms with Crippen molar-refractivity contribution in [2.24, 2.45) is 0 Å². The molecule has 0 bridgehead atoms. The monoisotopic (exact) mass is 458 g/mol. The van der Waals surface area contributed by atoms with Gasteiger partial charge in [0.25, 0.3) is 11.8 Å². The highest BCUT2D eigenvalue weighted by molar-refractivity contribution is 6.06. The van der Waals surface area contributed by atoms with Crippen molar-refractivity contribution in [1.82, 2.24) is 5.32 Å². The molecule has 3 aromatic rings. The van der Waals surface area contributed by atoms with Gasteiger partial charge in [0.2, 0.25) is 11.8 Å². The number of benzene rings is 3. The molecule has 1 aliphatic heterocycles. The molecule has 0 atom stereocenters. The summed E-state index contributed by atoms with van der Waals surface area (Å²) in [6.45, 7) is -0.638. The molecule has 3 N–H and O–H groups in total. The van der Waals surface area contributed by atoms with Crippen molar-refractivity contribution in [3.8, 4) is 5.75 Å². The quantitative estimate of drug-likeness (QED) is 0.503. The molecule has 9 nitrogen and oxygen atoms in total. The third kappa shape index (κ3) is 5.57. The summed E-state index contributed by atoms with van der Waals surface area (Å²) in [5, 5.41) is 7.98.